The van der Waals surface area contributed by atoms with Crippen LogP contribution < -0.4 is 4.74 Å². The third kappa shape index (κ3) is 5.03. The maximum absolute atomic E-state index is 13.4. The monoisotopic (exact) mass is 482 g/mol. The lowest BCUT2D eigenvalue weighted by molar-refractivity contribution is -0.124. The summed E-state index contributed by atoms with van der Waals surface area (Å²) in [5.41, 5.74) is 3.36. The van der Waals surface area contributed by atoms with Crippen molar-refractivity contribution in [2.24, 2.45) is 5.92 Å². The molecule has 0 saturated heterocycles. The van der Waals surface area contributed by atoms with Crippen LogP contribution in [0.5, 0.6) is 5.75 Å². The molecule has 2 aromatic rings. The van der Waals surface area contributed by atoms with E-state index in [4.69, 9.17) is 9.16 Å². The van der Waals surface area contributed by atoms with Crippen molar-refractivity contribution in [2.45, 2.75) is 103 Å². The van der Waals surface area contributed by atoms with Gasteiger partial charge >= 0.3 is 0 Å². The highest BCUT2D eigenvalue weighted by Gasteiger charge is 2.41. The highest BCUT2D eigenvalue weighted by molar-refractivity contribution is 6.74. The Balaban J connectivity index is 1.42. The highest BCUT2D eigenvalue weighted by atomic mass is 28.4. The smallest absolute Gasteiger partial charge is 0.192 e. The van der Waals surface area contributed by atoms with Gasteiger partial charge in [-0.3, -0.25) is 4.79 Å². The molecule has 6 heteroatoms. The first-order chi connectivity index (χ1) is 16.1. The minimum atomic E-state index is -1.77. The van der Waals surface area contributed by atoms with Crippen LogP contribution in [0.25, 0.3) is 11.3 Å². The predicted octanol–water partition coefficient (Wildman–Crippen LogP) is 7.17. The molecule has 34 heavy (non-hydrogen) atoms. The second-order valence-electron chi connectivity index (χ2n) is 11.6. The summed E-state index contributed by atoms with van der Waals surface area (Å²) in [6.07, 6.45) is 10.6. The summed E-state index contributed by atoms with van der Waals surface area (Å²) in [4.78, 5) is 17.8. The van der Waals surface area contributed by atoms with E-state index < -0.39 is 8.32 Å². The number of ketones is 1. The van der Waals surface area contributed by atoms with Crippen molar-refractivity contribution in [2.75, 3.05) is 6.61 Å². The van der Waals surface area contributed by atoms with Crippen LogP contribution in [0.2, 0.25) is 18.1 Å². The van der Waals surface area contributed by atoms with Crippen LogP contribution in [0.4, 0.5) is 0 Å². The minimum absolute atomic E-state index is 0.0101. The van der Waals surface area contributed by atoms with Crippen molar-refractivity contribution in [3.8, 4) is 17.0 Å². The van der Waals surface area contributed by atoms with Crippen LogP contribution in [-0.4, -0.2) is 36.4 Å². The van der Waals surface area contributed by atoms with Gasteiger partial charge in [-0.05, 0) is 61.9 Å². The first-order valence-electron chi connectivity index (χ1n) is 13.1. The number of hydrogen-bond donors (Lipinski definition) is 0. The zero-order valence-corrected chi connectivity index (χ0v) is 22.9. The molecule has 0 bridgehead atoms. The Bertz CT molecular complexity index is 999. The van der Waals surface area contributed by atoms with Gasteiger partial charge in [0.2, 0.25) is 0 Å². The Hall–Kier alpha value is -1.92. The van der Waals surface area contributed by atoms with Gasteiger partial charge in [0.1, 0.15) is 11.5 Å². The zero-order valence-electron chi connectivity index (χ0n) is 21.9. The van der Waals surface area contributed by atoms with Gasteiger partial charge in [-0.25, -0.2) is 4.98 Å². The standard InChI is InChI=1S/C28H42N2O3Si/c1-7-8-16-32-26-11-9-10-22-23(30-19-29-18-24(30)27(22)26)17-25(31)20-12-14-21(15-13-20)33-34(5,6)28(2,3)4/h9-11,18-21,23H,7-8,12-17H2,1-6H3. The molecule has 2 heterocycles. The molecule has 1 unspecified atom stereocenters. The molecule has 1 saturated carbocycles. The van der Waals surface area contributed by atoms with Crippen molar-refractivity contribution < 1.29 is 14.0 Å². The number of carbonyl (C=O) groups is 1. The Morgan fingerprint density at radius 1 is 1.18 bits per heavy atom. The van der Waals surface area contributed by atoms with Crippen LogP contribution in [0.3, 0.4) is 0 Å². The van der Waals surface area contributed by atoms with E-state index in [1.54, 1.807) is 0 Å². The summed E-state index contributed by atoms with van der Waals surface area (Å²) < 4.78 is 14.9. The van der Waals surface area contributed by atoms with E-state index in [9.17, 15) is 4.79 Å². The Morgan fingerprint density at radius 3 is 2.59 bits per heavy atom. The molecule has 1 aliphatic heterocycles. The second-order valence-corrected chi connectivity index (χ2v) is 16.4. The molecule has 1 aromatic carbocycles. The van der Waals surface area contributed by atoms with E-state index in [1.165, 1.54) is 5.56 Å². The van der Waals surface area contributed by atoms with Crippen LogP contribution in [-0.2, 0) is 9.22 Å². The average molecular weight is 483 g/mol. The third-order valence-corrected chi connectivity index (χ3v) is 12.8. The van der Waals surface area contributed by atoms with Gasteiger partial charge in [0.15, 0.2) is 8.32 Å². The van der Waals surface area contributed by atoms with E-state index in [-0.39, 0.29) is 17.0 Å². The molecular formula is C28H42N2O3Si. The number of nitrogens with zero attached hydrogens (tertiary/aromatic N) is 2. The molecule has 2 aliphatic rings. The molecule has 1 fully saturated rings. The molecule has 0 radical (unpaired) electrons. The SMILES string of the molecule is CCCCOc1cccc2c1-c1cncn1C2CC(=O)C1CCC(O[Si](C)(C)C(C)(C)C)CC1. The van der Waals surface area contributed by atoms with E-state index in [2.05, 4.69) is 62.5 Å². The molecule has 186 valence electrons. The fourth-order valence-corrected chi connectivity index (χ4v) is 6.53. The number of benzene rings is 1. The molecular weight excluding hydrogens is 440 g/mol. The number of rotatable bonds is 9. The molecule has 1 atom stereocenters. The number of ether oxygens (including phenoxy) is 1. The van der Waals surface area contributed by atoms with Crippen molar-refractivity contribution in [3.63, 3.8) is 0 Å². The number of aromatic nitrogens is 2. The summed E-state index contributed by atoms with van der Waals surface area (Å²) in [5.74, 6) is 1.42. The molecule has 5 nitrogen and oxygen atoms in total. The molecule has 1 aliphatic carbocycles. The van der Waals surface area contributed by atoms with Crippen LogP contribution in [0.15, 0.2) is 30.7 Å². The fourth-order valence-electron chi connectivity index (χ4n) is 5.10. The lowest BCUT2D eigenvalue weighted by Crippen LogP contribution is -2.45. The first kappa shape index (κ1) is 25.2. The topological polar surface area (TPSA) is 53.4 Å². The van der Waals surface area contributed by atoms with Gasteiger partial charge < -0.3 is 13.7 Å². The van der Waals surface area contributed by atoms with E-state index in [0.717, 1.165) is 55.5 Å². The predicted molar refractivity (Wildman–Crippen MR) is 140 cm³/mol. The second kappa shape index (κ2) is 9.98. The zero-order chi connectivity index (χ0) is 24.5. The Labute approximate surface area is 206 Å². The highest BCUT2D eigenvalue weighted by Crippen LogP contribution is 2.47. The largest absolute Gasteiger partial charge is 0.493 e. The van der Waals surface area contributed by atoms with Crippen molar-refractivity contribution in [3.05, 3.63) is 36.3 Å². The summed E-state index contributed by atoms with van der Waals surface area (Å²) in [6.45, 7) is 14.4. The lowest BCUT2D eigenvalue weighted by atomic mass is 9.82. The van der Waals surface area contributed by atoms with Crippen molar-refractivity contribution in [1.82, 2.24) is 9.55 Å². The minimum Gasteiger partial charge on any atom is -0.493 e. The summed E-state index contributed by atoms with van der Waals surface area (Å²) in [5, 5.41) is 0.219. The number of unbranched alkanes of at least 4 members (excludes halogenated alkanes) is 1. The van der Waals surface area contributed by atoms with Gasteiger partial charge in [-0.2, -0.15) is 0 Å². The number of Topliss-reactive ketones (excluding diaryl/α,β-unsaturated/α-hetero) is 1. The maximum Gasteiger partial charge on any atom is 0.192 e. The molecule has 4 rings (SSSR count). The number of fused-ring (bicyclic) bond motifs is 3. The van der Waals surface area contributed by atoms with Gasteiger partial charge in [0, 0.05) is 24.0 Å². The van der Waals surface area contributed by atoms with Gasteiger partial charge in [-0.1, -0.05) is 46.2 Å². The average Bonchev–Trinajstić information content (AvgIpc) is 3.36. The van der Waals surface area contributed by atoms with Crippen molar-refractivity contribution in [1.29, 1.82) is 0 Å². The molecule has 0 spiro atoms. The van der Waals surface area contributed by atoms with Gasteiger partial charge in [-0.15, -0.1) is 0 Å². The van der Waals surface area contributed by atoms with Crippen LogP contribution in [0.1, 0.15) is 84.2 Å². The van der Waals surface area contributed by atoms with Crippen LogP contribution in [0, 0.1) is 5.92 Å². The maximum atomic E-state index is 13.4. The summed E-state index contributed by atoms with van der Waals surface area (Å²) in [7, 11) is -1.77. The molecule has 0 N–H and O–H groups in total. The van der Waals surface area contributed by atoms with Gasteiger partial charge in [0.25, 0.3) is 0 Å². The molecule has 0 amide bonds. The summed E-state index contributed by atoms with van der Waals surface area (Å²) >= 11 is 0. The number of hydrogen-bond acceptors (Lipinski definition) is 4. The Morgan fingerprint density at radius 2 is 1.91 bits per heavy atom. The summed E-state index contributed by atoms with van der Waals surface area (Å²) in [6, 6.07) is 6.26. The van der Waals surface area contributed by atoms with E-state index >= 15 is 0 Å². The van der Waals surface area contributed by atoms with Gasteiger partial charge in [0.05, 0.1) is 30.9 Å². The number of carbonyl (C=O) groups excluding carboxylic acids is 1. The normalized spacial score (nSPS) is 22.4. The third-order valence-electron chi connectivity index (χ3n) is 8.22. The van der Waals surface area contributed by atoms with Crippen LogP contribution >= 0.6 is 0 Å². The molecule has 1 aromatic heterocycles. The van der Waals surface area contributed by atoms with E-state index in [0.29, 0.717) is 24.9 Å². The Kier molecular flexibility index (Phi) is 7.39. The van der Waals surface area contributed by atoms with Crippen molar-refractivity contribution >= 4 is 14.1 Å². The van der Waals surface area contributed by atoms with E-state index in [1.807, 2.05) is 18.6 Å². The fraction of sp³-hybridized carbons (Fsp3) is 0.643. The lowest BCUT2D eigenvalue weighted by Gasteiger charge is -2.41. The quantitative estimate of drug-likeness (QED) is 0.281. The number of imidazole rings is 1. The first-order valence-corrected chi connectivity index (χ1v) is 16.0.